The maximum Gasteiger partial charge on any atom is 0.226 e. The molecule has 2 saturated heterocycles. The van der Waals surface area contributed by atoms with Crippen LogP contribution in [0.5, 0.6) is 0 Å². The van der Waals surface area contributed by atoms with Crippen LogP contribution in [0.15, 0.2) is 17.8 Å². The Morgan fingerprint density at radius 2 is 1.86 bits per heavy atom. The molecule has 2 aromatic heterocycles. The van der Waals surface area contributed by atoms with Crippen LogP contribution in [0.4, 0.5) is 19.7 Å². The molecule has 0 unspecified atom stereocenters. The van der Waals surface area contributed by atoms with Gasteiger partial charge in [-0.15, -0.1) is 11.3 Å². The molecule has 0 spiro atoms. The largest absolute Gasteiger partial charge is 0.389 e. The summed E-state index contributed by atoms with van der Waals surface area (Å²) in [4.78, 5) is 11.8. The third-order valence-corrected chi connectivity index (χ3v) is 9.55. The zero-order valence-electron chi connectivity index (χ0n) is 26.4. The Morgan fingerprint density at radius 1 is 1.19 bits per heavy atom. The number of hydrogen-bond acceptors (Lipinski definition) is 7. The highest BCUT2D eigenvalue weighted by molar-refractivity contribution is 7.17. The number of nitriles is 1. The first kappa shape index (κ1) is 32.6. The molecule has 2 bridgehead atoms. The van der Waals surface area contributed by atoms with E-state index in [1.54, 1.807) is 13.1 Å². The molecule has 0 amide bonds. The van der Waals surface area contributed by atoms with E-state index < -0.39 is 11.6 Å². The lowest BCUT2D eigenvalue weighted by atomic mass is 9.85. The van der Waals surface area contributed by atoms with Gasteiger partial charge in [-0.2, -0.15) is 5.26 Å². The Kier molecular flexibility index (Phi) is 10.6. The Hall–Kier alpha value is -3.35. The normalized spacial score (nSPS) is 19.1. The second-order valence-corrected chi connectivity index (χ2v) is 12.1. The number of halogens is 2. The number of benzene rings is 1. The van der Waals surface area contributed by atoms with E-state index in [0.29, 0.717) is 58.6 Å². The number of unbranched alkanes of at least 4 members (excludes halogenated alkanes) is 1. The molecule has 0 radical (unpaired) electrons. The molecule has 3 aliphatic heterocycles. The van der Waals surface area contributed by atoms with Crippen molar-refractivity contribution in [1.82, 2.24) is 9.97 Å². The lowest BCUT2D eigenvalue weighted by molar-refractivity contribution is 0.134. The van der Waals surface area contributed by atoms with E-state index in [2.05, 4.69) is 29.8 Å². The number of allylic oxidation sites excluding steroid dienone is 2. The fourth-order valence-electron chi connectivity index (χ4n) is 5.91. The van der Waals surface area contributed by atoms with E-state index in [1.807, 2.05) is 27.7 Å². The average molecular weight is 608 g/mol. The van der Waals surface area contributed by atoms with E-state index in [4.69, 9.17) is 15.5 Å². The minimum atomic E-state index is -0.502. The number of nitrogens with two attached hydrogens (primary N) is 1. The molecule has 2 N–H and O–H groups in total. The second kappa shape index (κ2) is 14.0. The van der Waals surface area contributed by atoms with E-state index in [0.717, 1.165) is 41.9 Å². The minimum Gasteiger partial charge on any atom is -0.389 e. The van der Waals surface area contributed by atoms with Crippen LogP contribution in [0.25, 0.3) is 22.3 Å². The van der Waals surface area contributed by atoms with Crippen LogP contribution >= 0.6 is 11.3 Å². The molecule has 43 heavy (non-hydrogen) atoms. The fourth-order valence-corrected chi connectivity index (χ4v) is 6.90. The summed E-state index contributed by atoms with van der Waals surface area (Å²) in [6.07, 6.45) is 8.51. The second-order valence-electron chi connectivity index (χ2n) is 11.0. The predicted molar refractivity (Wildman–Crippen MR) is 174 cm³/mol. The highest BCUT2D eigenvalue weighted by atomic mass is 32.1. The lowest BCUT2D eigenvalue weighted by Crippen LogP contribution is -2.29. The van der Waals surface area contributed by atoms with E-state index in [-0.39, 0.29) is 27.6 Å². The van der Waals surface area contributed by atoms with Crippen LogP contribution < -0.4 is 10.6 Å². The number of thiophene rings is 1. The summed E-state index contributed by atoms with van der Waals surface area (Å²) in [5.74, 6) is 0.199. The quantitative estimate of drug-likeness (QED) is 0.300. The number of nitrogens with zero attached hydrogens (tertiary/aromatic N) is 4. The molecule has 230 valence electrons. The summed E-state index contributed by atoms with van der Waals surface area (Å²) < 4.78 is 37.7. The standard InChI is InChI=1S/C28H27F2N5OS.C4H10.C2H6/c1-4-13(3)21(23-16(8-31)27(32)37-26(23)20(29)5-2)22-19-12-36-11-18(19)17-9-33-28(34-25(17)24(22)30)35-10-14-6-15(35)7-14;1-3-4-2;1-2/h5,9,14-15H,4,6-7,10-12,32H2,1-3H3;3-4H2,1-2H3;1-2H3/b20-5+,21-13+;;. The first-order valence-electron chi connectivity index (χ1n) is 15.5. The van der Waals surface area contributed by atoms with Gasteiger partial charge in [-0.3, -0.25) is 0 Å². The molecular weight excluding hydrogens is 564 g/mol. The first-order chi connectivity index (χ1) is 20.8. The van der Waals surface area contributed by atoms with Crippen LogP contribution in [-0.2, 0) is 18.0 Å². The molecule has 3 fully saturated rings. The zero-order chi connectivity index (χ0) is 31.4. The maximum absolute atomic E-state index is 16.8. The topological polar surface area (TPSA) is 88.1 Å². The molecular formula is C34H43F2N5OS. The summed E-state index contributed by atoms with van der Waals surface area (Å²) in [7, 11) is 0. The van der Waals surface area contributed by atoms with E-state index in [9.17, 15) is 5.26 Å². The summed E-state index contributed by atoms with van der Waals surface area (Å²) in [5, 5.41) is 10.8. The number of anilines is 2. The van der Waals surface area contributed by atoms with Gasteiger partial charge in [0.25, 0.3) is 0 Å². The van der Waals surface area contributed by atoms with Gasteiger partial charge in [-0.05, 0) is 55.7 Å². The molecule has 1 aromatic carbocycles. The number of rotatable bonds is 6. The number of hydrogen-bond donors (Lipinski definition) is 1. The lowest BCUT2D eigenvalue weighted by Gasteiger charge is -2.26. The predicted octanol–water partition coefficient (Wildman–Crippen LogP) is 9.31. The molecule has 5 heterocycles. The monoisotopic (exact) mass is 607 g/mol. The third-order valence-electron chi connectivity index (χ3n) is 8.53. The Labute approximate surface area is 258 Å². The third kappa shape index (κ3) is 5.80. The Bertz CT molecular complexity index is 1590. The van der Waals surface area contributed by atoms with Gasteiger partial charge in [0.1, 0.15) is 22.4 Å². The van der Waals surface area contributed by atoms with Crippen molar-refractivity contribution in [1.29, 1.82) is 5.26 Å². The van der Waals surface area contributed by atoms with Gasteiger partial charge >= 0.3 is 0 Å². The van der Waals surface area contributed by atoms with E-state index >= 15 is 8.78 Å². The number of nitrogen functional groups attached to an aromatic ring is 1. The summed E-state index contributed by atoms with van der Waals surface area (Å²) in [6.45, 7) is 15.2. The summed E-state index contributed by atoms with van der Waals surface area (Å²) >= 11 is 1.01. The molecule has 9 heteroatoms. The van der Waals surface area contributed by atoms with Crippen molar-refractivity contribution < 1.29 is 13.5 Å². The highest BCUT2D eigenvalue weighted by Crippen LogP contribution is 2.48. The average Bonchev–Trinajstić information content (AvgIpc) is 3.82. The summed E-state index contributed by atoms with van der Waals surface area (Å²) in [6, 6.07) is 2.56. The van der Waals surface area contributed by atoms with Crippen LogP contribution in [0.3, 0.4) is 0 Å². The van der Waals surface area contributed by atoms with Crippen molar-refractivity contribution in [3.8, 4) is 6.07 Å². The zero-order valence-corrected chi connectivity index (χ0v) is 27.2. The number of fused-ring (bicyclic) bond motifs is 4. The molecule has 0 atom stereocenters. The van der Waals surface area contributed by atoms with E-state index in [1.165, 1.54) is 18.9 Å². The highest BCUT2D eigenvalue weighted by Gasteiger charge is 2.44. The van der Waals surface area contributed by atoms with Crippen LogP contribution in [0, 0.1) is 23.1 Å². The molecule has 7 rings (SSSR count). The van der Waals surface area contributed by atoms with Crippen molar-refractivity contribution in [3.63, 3.8) is 0 Å². The molecule has 1 aliphatic carbocycles. The van der Waals surface area contributed by atoms with Crippen molar-refractivity contribution >= 4 is 44.6 Å². The Balaban J connectivity index is 0.000000653. The molecule has 1 saturated carbocycles. The summed E-state index contributed by atoms with van der Waals surface area (Å²) in [5.41, 5.74) is 10.1. The van der Waals surface area contributed by atoms with Gasteiger partial charge in [-0.25, -0.2) is 18.7 Å². The molecule has 6 nitrogen and oxygen atoms in total. The maximum atomic E-state index is 16.8. The van der Waals surface area contributed by atoms with Gasteiger partial charge < -0.3 is 15.4 Å². The van der Waals surface area contributed by atoms with Crippen LogP contribution in [-0.4, -0.2) is 22.6 Å². The smallest absolute Gasteiger partial charge is 0.226 e. The molecule has 3 aromatic rings. The van der Waals surface area contributed by atoms with Crippen LogP contribution in [0.1, 0.15) is 113 Å². The van der Waals surface area contributed by atoms with Gasteiger partial charge in [0, 0.05) is 35.3 Å². The van der Waals surface area contributed by atoms with Gasteiger partial charge in [0.2, 0.25) is 5.95 Å². The minimum absolute atomic E-state index is 0.159. The van der Waals surface area contributed by atoms with Gasteiger partial charge in [0.15, 0.2) is 5.82 Å². The van der Waals surface area contributed by atoms with Crippen molar-refractivity contribution in [2.24, 2.45) is 5.92 Å². The van der Waals surface area contributed by atoms with Crippen molar-refractivity contribution in [2.75, 3.05) is 17.2 Å². The van der Waals surface area contributed by atoms with Crippen LogP contribution in [0.2, 0.25) is 0 Å². The van der Waals surface area contributed by atoms with Crippen molar-refractivity contribution in [3.05, 3.63) is 56.4 Å². The SMILES string of the molecule is C/C=C(/F)c1sc(N)c(C#N)c1/C(=C(\C)CC)c1c2c(c3cnc(N4CC5CC4C5)nc3c1F)COC2.CC.CCCC. The van der Waals surface area contributed by atoms with Gasteiger partial charge in [0.05, 0.1) is 23.7 Å². The number of ether oxygens (including phenoxy) is 1. The Morgan fingerprint density at radius 3 is 2.42 bits per heavy atom. The first-order valence-corrected chi connectivity index (χ1v) is 16.3. The fraction of sp³-hybridized carbons (Fsp3) is 0.500. The number of aromatic nitrogens is 2. The van der Waals surface area contributed by atoms with Gasteiger partial charge in [-0.1, -0.05) is 59.1 Å². The molecule has 4 aliphatic rings. The van der Waals surface area contributed by atoms with Crippen molar-refractivity contribution in [2.45, 2.75) is 99.8 Å².